The van der Waals surface area contributed by atoms with Crippen LogP contribution in [0.15, 0.2) is 34.1 Å². The van der Waals surface area contributed by atoms with Gasteiger partial charge in [-0.1, -0.05) is 6.07 Å². The molecule has 2 aliphatic carbocycles. The van der Waals surface area contributed by atoms with Crippen LogP contribution in [0.3, 0.4) is 0 Å². The molecule has 2 aliphatic rings. The lowest BCUT2D eigenvalue weighted by molar-refractivity contribution is 0.432. The third-order valence-electron chi connectivity index (χ3n) is 4.35. The van der Waals surface area contributed by atoms with Crippen LogP contribution in [-0.2, 0) is 19.1 Å². The summed E-state index contributed by atoms with van der Waals surface area (Å²) in [4.78, 5) is -0.286. The Hall–Kier alpha value is -0.630. The highest BCUT2D eigenvalue weighted by Crippen LogP contribution is 2.60. The van der Waals surface area contributed by atoms with E-state index in [9.17, 15) is 16.8 Å². The van der Waals surface area contributed by atoms with Crippen molar-refractivity contribution < 1.29 is 16.8 Å². The van der Waals surface area contributed by atoms with Crippen LogP contribution in [0.5, 0.6) is 0 Å². The fourth-order valence-corrected chi connectivity index (χ4v) is 4.76. The maximum absolute atomic E-state index is 12.3. The van der Waals surface area contributed by atoms with Gasteiger partial charge < -0.3 is 0 Å². The Bertz CT molecular complexity index is 765. The molecule has 1 aromatic carbocycles. The predicted molar refractivity (Wildman–Crippen MR) is 79.1 cm³/mol. The number of halogens is 1. The van der Waals surface area contributed by atoms with E-state index in [1.54, 1.807) is 0 Å². The summed E-state index contributed by atoms with van der Waals surface area (Å²) in [5, 5.41) is 0. The average molecular weight is 350 g/mol. The number of hydrogen-bond acceptors (Lipinski definition) is 4. The number of nitrogens with one attached hydrogen (secondary N) is 1. The Balaban J connectivity index is 1.78. The van der Waals surface area contributed by atoms with E-state index in [0.29, 0.717) is 12.5 Å². The maximum Gasteiger partial charge on any atom is 0.261 e. The van der Waals surface area contributed by atoms with Crippen molar-refractivity contribution >= 4 is 29.8 Å². The van der Waals surface area contributed by atoms with E-state index < -0.39 is 19.1 Å². The number of benzene rings is 1. The summed E-state index contributed by atoms with van der Waals surface area (Å²) in [5.74, 6) is 0.648. The van der Waals surface area contributed by atoms with Gasteiger partial charge in [0.2, 0.25) is 10.0 Å². The summed E-state index contributed by atoms with van der Waals surface area (Å²) in [7, 11) is -2.41. The van der Waals surface area contributed by atoms with Crippen molar-refractivity contribution in [2.75, 3.05) is 6.54 Å². The number of hydrogen-bond donors (Lipinski definition) is 1. The lowest BCUT2D eigenvalue weighted by Crippen LogP contribution is -2.31. The second kappa shape index (κ2) is 4.94. The molecule has 2 fully saturated rings. The number of sulfonamides is 1. The first-order chi connectivity index (χ1) is 9.73. The molecule has 0 unspecified atom stereocenters. The summed E-state index contributed by atoms with van der Waals surface area (Å²) in [6.45, 7) is 0.428. The average Bonchev–Trinajstić information content (AvgIpc) is 3.26. The molecular formula is C13H16ClNO4S2. The monoisotopic (exact) mass is 349 g/mol. The second-order valence-electron chi connectivity index (χ2n) is 5.87. The van der Waals surface area contributed by atoms with E-state index in [0.717, 1.165) is 18.9 Å². The largest absolute Gasteiger partial charge is 0.261 e. The lowest BCUT2D eigenvalue weighted by Gasteiger charge is -2.15. The molecule has 0 spiro atoms. The van der Waals surface area contributed by atoms with Gasteiger partial charge in [-0.05, 0) is 55.2 Å². The molecule has 2 saturated carbocycles. The summed E-state index contributed by atoms with van der Waals surface area (Å²) >= 11 is 0. The predicted octanol–water partition coefficient (Wildman–Crippen LogP) is 2.08. The minimum absolute atomic E-state index is 0.0733. The molecule has 1 aromatic rings. The van der Waals surface area contributed by atoms with Gasteiger partial charge in [0.25, 0.3) is 9.05 Å². The zero-order valence-electron chi connectivity index (χ0n) is 11.2. The van der Waals surface area contributed by atoms with E-state index in [4.69, 9.17) is 10.7 Å². The van der Waals surface area contributed by atoms with Crippen LogP contribution in [0.4, 0.5) is 0 Å². The van der Waals surface area contributed by atoms with Gasteiger partial charge in [-0.25, -0.2) is 21.6 Å². The van der Waals surface area contributed by atoms with Crippen LogP contribution in [0.2, 0.25) is 0 Å². The standard InChI is InChI=1S/C13H16ClNO4S2/c14-20(16,17)11-2-1-3-12(8-11)21(18,19)15-9-13(6-7-13)10-4-5-10/h1-3,8,10,15H,4-7,9H2. The lowest BCUT2D eigenvalue weighted by atomic mass is 10.0. The van der Waals surface area contributed by atoms with Crippen LogP contribution in [0.25, 0.3) is 0 Å². The topological polar surface area (TPSA) is 80.3 Å². The van der Waals surface area contributed by atoms with Crippen molar-refractivity contribution in [2.45, 2.75) is 35.5 Å². The highest BCUT2D eigenvalue weighted by molar-refractivity contribution is 8.13. The van der Waals surface area contributed by atoms with Crippen molar-refractivity contribution in [3.63, 3.8) is 0 Å². The van der Waals surface area contributed by atoms with Crippen LogP contribution < -0.4 is 4.72 Å². The van der Waals surface area contributed by atoms with Gasteiger partial charge in [0, 0.05) is 17.2 Å². The van der Waals surface area contributed by atoms with E-state index in [2.05, 4.69) is 4.72 Å². The normalized spacial score (nSPS) is 21.2. The van der Waals surface area contributed by atoms with Crippen LogP contribution in [-0.4, -0.2) is 23.4 Å². The molecule has 1 N–H and O–H groups in total. The van der Waals surface area contributed by atoms with Crippen molar-refractivity contribution in [3.8, 4) is 0 Å². The molecule has 0 atom stereocenters. The van der Waals surface area contributed by atoms with Crippen molar-refractivity contribution in [1.29, 1.82) is 0 Å². The van der Waals surface area contributed by atoms with Crippen LogP contribution >= 0.6 is 10.7 Å². The molecule has 0 aromatic heterocycles. The first-order valence-electron chi connectivity index (χ1n) is 6.77. The molecule has 3 rings (SSSR count). The van der Waals surface area contributed by atoms with Crippen LogP contribution in [0.1, 0.15) is 25.7 Å². The number of rotatable bonds is 6. The molecule has 21 heavy (non-hydrogen) atoms. The van der Waals surface area contributed by atoms with Crippen LogP contribution in [0, 0.1) is 11.3 Å². The zero-order chi connectivity index (χ0) is 15.3. The second-order valence-corrected chi connectivity index (χ2v) is 10.2. The quantitative estimate of drug-likeness (QED) is 0.797. The fourth-order valence-electron chi connectivity index (χ4n) is 2.70. The minimum Gasteiger partial charge on any atom is -0.211 e. The molecular weight excluding hydrogens is 334 g/mol. The maximum atomic E-state index is 12.3. The summed E-state index contributed by atoms with van der Waals surface area (Å²) in [6.07, 6.45) is 4.50. The first-order valence-corrected chi connectivity index (χ1v) is 10.6. The highest BCUT2D eigenvalue weighted by atomic mass is 35.7. The molecule has 0 aliphatic heterocycles. The van der Waals surface area contributed by atoms with Gasteiger partial charge >= 0.3 is 0 Å². The molecule has 0 bridgehead atoms. The third kappa shape index (κ3) is 3.26. The molecule has 8 heteroatoms. The molecule has 116 valence electrons. The van der Waals surface area contributed by atoms with Gasteiger partial charge in [-0.3, -0.25) is 0 Å². The van der Waals surface area contributed by atoms with E-state index in [1.165, 1.54) is 31.0 Å². The first kappa shape index (κ1) is 15.3. The van der Waals surface area contributed by atoms with Gasteiger partial charge in [-0.15, -0.1) is 0 Å². The van der Waals surface area contributed by atoms with Gasteiger partial charge in [-0.2, -0.15) is 0 Å². The fraction of sp³-hybridized carbons (Fsp3) is 0.538. The Labute approximate surface area is 129 Å². The molecule has 0 heterocycles. The van der Waals surface area contributed by atoms with E-state index in [1.807, 2.05) is 0 Å². The summed E-state index contributed by atoms with van der Waals surface area (Å²) in [6, 6.07) is 5.09. The Kier molecular flexibility index (Phi) is 3.59. The summed E-state index contributed by atoms with van der Waals surface area (Å²) in [5.41, 5.74) is 0.142. The van der Waals surface area contributed by atoms with Gasteiger partial charge in [0.05, 0.1) is 9.79 Å². The van der Waals surface area contributed by atoms with Gasteiger partial charge in [0.15, 0.2) is 0 Å². The third-order valence-corrected chi connectivity index (χ3v) is 7.10. The van der Waals surface area contributed by atoms with E-state index in [-0.39, 0.29) is 15.2 Å². The molecule has 0 amide bonds. The SMILES string of the molecule is O=S(=O)(Cl)c1cccc(S(=O)(=O)NCC2(C3CC3)CC2)c1. The Morgan fingerprint density at radius 3 is 2.29 bits per heavy atom. The van der Waals surface area contributed by atoms with Crippen molar-refractivity contribution in [2.24, 2.45) is 11.3 Å². The smallest absolute Gasteiger partial charge is 0.211 e. The minimum atomic E-state index is -3.94. The van der Waals surface area contributed by atoms with Crippen molar-refractivity contribution in [1.82, 2.24) is 4.72 Å². The van der Waals surface area contributed by atoms with E-state index >= 15 is 0 Å². The molecule has 5 nitrogen and oxygen atoms in total. The molecule has 0 saturated heterocycles. The summed E-state index contributed by atoms with van der Waals surface area (Å²) < 4.78 is 49.7. The van der Waals surface area contributed by atoms with Crippen molar-refractivity contribution in [3.05, 3.63) is 24.3 Å². The van der Waals surface area contributed by atoms with Gasteiger partial charge in [0.1, 0.15) is 0 Å². The Morgan fingerprint density at radius 2 is 1.76 bits per heavy atom. The zero-order valence-corrected chi connectivity index (χ0v) is 13.6. The Morgan fingerprint density at radius 1 is 1.14 bits per heavy atom. The highest BCUT2D eigenvalue weighted by Gasteiger charge is 2.53. The molecule has 0 radical (unpaired) electrons.